The van der Waals surface area contributed by atoms with E-state index < -0.39 is 11.5 Å². The standard InChI is InChI=1S/C9H14BrNO3/c1-6(10)7(12)11-9(8(13)14)4-2-3-5-9/h6H,2-5H2,1H3,(H,11,12)(H,13,14). The highest BCUT2D eigenvalue weighted by Gasteiger charge is 2.42. The van der Waals surface area contributed by atoms with Crippen LogP contribution in [-0.2, 0) is 9.59 Å². The lowest BCUT2D eigenvalue weighted by Crippen LogP contribution is -2.54. The normalized spacial score (nSPS) is 21.6. The molecule has 0 aromatic heterocycles. The number of carboxylic acids is 1. The molecule has 0 heterocycles. The quantitative estimate of drug-likeness (QED) is 0.755. The first-order valence-electron chi connectivity index (χ1n) is 4.67. The molecule has 0 spiro atoms. The molecule has 1 unspecified atom stereocenters. The van der Waals surface area contributed by atoms with Crippen LogP contribution in [0.5, 0.6) is 0 Å². The van der Waals surface area contributed by atoms with E-state index in [-0.39, 0.29) is 10.7 Å². The first-order valence-corrected chi connectivity index (χ1v) is 5.59. The van der Waals surface area contributed by atoms with E-state index in [1.165, 1.54) is 0 Å². The molecule has 0 saturated heterocycles. The molecule has 1 rings (SSSR count). The first kappa shape index (κ1) is 11.5. The Kier molecular flexibility index (Phi) is 3.53. The topological polar surface area (TPSA) is 66.4 Å². The van der Waals surface area contributed by atoms with Gasteiger partial charge >= 0.3 is 5.97 Å². The van der Waals surface area contributed by atoms with Crippen LogP contribution < -0.4 is 5.32 Å². The van der Waals surface area contributed by atoms with Gasteiger partial charge in [-0.3, -0.25) is 4.79 Å². The zero-order chi connectivity index (χ0) is 10.8. The van der Waals surface area contributed by atoms with Crippen LogP contribution in [0.25, 0.3) is 0 Å². The van der Waals surface area contributed by atoms with E-state index in [0.29, 0.717) is 12.8 Å². The molecule has 5 heteroatoms. The zero-order valence-corrected chi connectivity index (χ0v) is 9.63. The van der Waals surface area contributed by atoms with E-state index >= 15 is 0 Å². The average Bonchev–Trinajstić information content (AvgIpc) is 2.53. The van der Waals surface area contributed by atoms with Crippen molar-refractivity contribution in [3.8, 4) is 0 Å². The summed E-state index contributed by atoms with van der Waals surface area (Å²) in [5, 5.41) is 11.7. The molecule has 1 aliphatic rings. The molecule has 1 aliphatic carbocycles. The summed E-state index contributed by atoms with van der Waals surface area (Å²) in [5.74, 6) is -1.18. The molecule has 0 bridgehead atoms. The van der Waals surface area contributed by atoms with E-state index in [2.05, 4.69) is 21.2 Å². The van der Waals surface area contributed by atoms with Crippen molar-refractivity contribution >= 4 is 27.8 Å². The van der Waals surface area contributed by atoms with Crippen LogP contribution in [0.4, 0.5) is 0 Å². The molecular formula is C9H14BrNO3. The number of hydrogen-bond acceptors (Lipinski definition) is 2. The highest BCUT2D eigenvalue weighted by atomic mass is 79.9. The average molecular weight is 264 g/mol. The summed E-state index contributed by atoms with van der Waals surface area (Å²) in [5.41, 5.74) is -1.01. The molecule has 1 amide bonds. The van der Waals surface area contributed by atoms with Crippen molar-refractivity contribution in [3.63, 3.8) is 0 Å². The second-order valence-corrected chi connectivity index (χ2v) is 5.07. The third kappa shape index (κ3) is 2.26. The van der Waals surface area contributed by atoms with Crippen LogP contribution in [0.1, 0.15) is 32.6 Å². The Balaban J connectivity index is 2.70. The monoisotopic (exact) mass is 263 g/mol. The number of carbonyl (C=O) groups excluding carboxylic acids is 1. The van der Waals surface area contributed by atoms with Crippen molar-refractivity contribution in [2.75, 3.05) is 0 Å². The Morgan fingerprint density at radius 3 is 2.29 bits per heavy atom. The minimum Gasteiger partial charge on any atom is -0.480 e. The fourth-order valence-corrected chi connectivity index (χ4v) is 1.82. The predicted octanol–water partition coefficient (Wildman–Crippen LogP) is 1.28. The van der Waals surface area contributed by atoms with Gasteiger partial charge in [0.15, 0.2) is 0 Å². The van der Waals surface area contributed by atoms with Crippen molar-refractivity contribution in [3.05, 3.63) is 0 Å². The van der Waals surface area contributed by atoms with Crippen molar-refractivity contribution in [1.29, 1.82) is 0 Å². The van der Waals surface area contributed by atoms with Crippen molar-refractivity contribution in [2.45, 2.75) is 43.0 Å². The van der Waals surface area contributed by atoms with Gasteiger partial charge in [-0.15, -0.1) is 0 Å². The summed E-state index contributed by atoms with van der Waals surface area (Å²) in [6.07, 6.45) is 2.80. The largest absolute Gasteiger partial charge is 0.480 e. The Morgan fingerprint density at radius 1 is 1.43 bits per heavy atom. The number of nitrogens with one attached hydrogen (secondary N) is 1. The molecule has 1 atom stereocenters. The summed E-state index contributed by atoms with van der Waals surface area (Å²) in [6.45, 7) is 1.68. The summed E-state index contributed by atoms with van der Waals surface area (Å²) >= 11 is 3.12. The van der Waals surface area contributed by atoms with Gasteiger partial charge in [0.25, 0.3) is 0 Å². The number of aliphatic carboxylic acids is 1. The molecular weight excluding hydrogens is 250 g/mol. The Bertz CT molecular complexity index is 246. The van der Waals surface area contributed by atoms with Gasteiger partial charge in [0.1, 0.15) is 5.54 Å². The zero-order valence-electron chi connectivity index (χ0n) is 8.05. The van der Waals surface area contributed by atoms with Gasteiger partial charge in [0, 0.05) is 0 Å². The molecule has 1 saturated carbocycles. The number of carboxylic acid groups (broad SMARTS) is 1. The maximum atomic E-state index is 11.4. The summed E-state index contributed by atoms with van der Waals surface area (Å²) in [6, 6.07) is 0. The first-order chi connectivity index (χ1) is 6.48. The summed E-state index contributed by atoms with van der Waals surface area (Å²) in [4.78, 5) is 22.1. The lowest BCUT2D eigenvalue weighted by molar-refractivity contribution is -0.147. The highest BCUT2D eigenvalue weighted by molar-refractivity contribution is 9.10. The maximum Gasteiger partial charge on any atom is 0.329 e. The van der Waals surface area contributed by atoms with Gasteiger partial charge in [0.2, 0.25) is 5.91 Å². The molecule has 0 aromatic rings. The number of amides is 1. The second kappa shape index (κ2) is 4.29. The van der Waals surface area contributed by atoms with Crippen molar-refractivity contribution in [2.24, 2.45) is 0 Å². The minimum atomic E-state index is -1.01. The lowest BCUT2D eigenvalue weighted by Gasteiger charge is -2.25. The third-order valence-corrected chi connectivity index (χ3v) is 3.01. The van der Waals surface area contributed by atoms with Crippen LogP contribution in [0, 0.1) is 0 Å². The molecule has 1 fully saturated rings. The van der Waals surface area contributed by atoms with Crippen LogP contribution in [0.2, 0.25) is 0 Å². The van der Waals surface area contributed by atoms with Gasteiger partial charge in [-0.2, -0.15) is 0 Å². The lowest BCUT2D eigenvalue weighted by atomic mass is 9.98. The van der Waals surface area contributed by atoms with Crippen molar-refractivity contribution in [1.82, 2.24) is 5.32 Å². The van der Waals surface area contributed by atoms with Gasteiger partial charge < -0.3 is 10.4 Å². The van der Waals surface area contributed by atoms with Crippen LogP contribution in [0.3, 0.4) is 0 Å². The van der Waals surface area contributed by atoms with Gasteiger partial charge in [0.05, 0.1) is 4.83 Å². The summed E-state index contributed by atoms with van der Waals surface area (Å²) in [7, 11) is 0. The third-order valence-electron chi connectivity index (χ3n) is 2.59. The van der Waals surface area contributed by atoms with Crippen molar-refractivity contribution < 1.29 is 14.7 Å². The Hall–Kier alpha value is -0.580. The maximum absolute atomic E-state index is 11.4. The molecule has 0 aromatic carbocycles. The number of alkyl halides is 1. The van der Waals surface area contributed by atoms with Crippen LogP contribution >= 0.6 is 15.9 Å². The molecule has 14 heavy (non-hydrogen) atoms. The minimum absolute atomic E-state index is 0.255. The van der Waals surface area contributed by atoms with E-state index in [9.17, 15) is 9.59 Å². The molecule has 2 N–H and O–H groups in total. The molecule has 80 valence electrons. The van der Waals surface area contributed by atoms with Crippen LogP contribution in [-0.4, -0.2) is 27.3 Å². The second-order valence-electron chi connectivity index (χ2n) is 3.70. The number of carbonyl (C=O) groups is 2. The Morgan fingerprint density at radius 2 is 1.93 bits per heavy atom. The molecule has 0 radical (unpaired) electrons. The van der Waals surface area contributed by atoms with E-state index in [0.717, 1.165) is 12.8 Å². The Labute approximate surface area is 91.2 Å². The number of hydrogen-bond donors (Lipinski definition) is 2. The fraction of sp³-hybridized carbons (Fsp3) is 0.778. The summed E-state index contributed by atoms with van der Waals surface area (Å²) < 4.78 is 0. The van der Waals surface area contributed by atoms with Gasteiger partial charge in [-0.1, -0.05) is 28.8 Å². The fourth-order valence-electron chi connectivity index (χ4n) is 1.71. The van der Waals surface area contributed by atoms with E-state index in [4.69, 9.17) is 5.11 Å². The number of rotatable bonds is 3. The van der Waals surface area contributed by atoms with Gasteiger partial charge in [-0.05, 0) is 19.8 Å². The van der Waals surface area contributed by atoms with E-state index in [1.807, 2.05) is 0 Å². The highest BCUT2D eigenvalue weighted by Crippen LogP contribution is 2.30. The number of halogens is 1. The predicted molar refractivity (Wildman–Crippen MR) is 55.4 cm³/mol. The molecule has 0 aliphatic heterocycles. The van der Waals surface area contributed by atoms with Gasteiger partial charge in [-0.25, -0.2) is 4.79 Å². The van der Waals surface area contributed by atoms with E-state index in [1.54, 1.807) is 6.92 Å². The van der Waals surface area contributed by atoms with Crippen LogP contribution in [0.15, 0.2) is 0 Å². The SMILES string of the molecule is CC(Br)C(=O)NC1(C(=O)O)CCCC1. The molecule has 4 nitrogen and oxygen atoms in total. The smallest absolute Gasteiger partial charge is 0.329 e.